The third-order valence-corrected chi connectivity index (χ3v) is 11.5. The topological polar surface area (TPSA) is 3.24 Å². The molecule has 0 unspecified atom stereocenters. The Kier molecular flexibility index (Phi) is 7.56. The van der Waals surface area contributed by atoms with E-state index in [9.17, 15) is 0 Å². The number of nitrogens with zero attached hydrogens (tertiary/aromatic N) is 1. The normalized spacial score (nSPS) is 12.8. The summed E-state index contributed by atoms with van der Waals surface area (Å²) >= 11 is 0. The number of hydrogen-bond acceptors (Lipinski definition) is 1. The molecule has 0 aromatic heterocycles. The molecule has 1 nitrogen and oxygen atoms in total. The molecule has 0 atom stereocenters. The van der Waals surface area contributed by atoms with Crippen molar-refractivity contribution in [2.24, 2.45) is 0 Å². The number of benzene rings is 9. The van der Waals surface area contributed by atoms with Crippen molar-refractivity contribution in [1.82, 2.24) is 0 Å². The molecule has 9 aromatic carbocycles. The van der Waals surface area contributed by atoms with E-state index in [0.717, 1.165) is 17.1 Å². The standard InChI is InChI=1S/C53H39N/c1-53(2)48-26-12-11-23-46(48)47-33-32-42(35-49(47)53)54(50-34-29-37-17-9-10-22-45(37)52(50)40-18-7-4-8-19-40)41-30-27-38(28-31-41)44-25-14-21-39-20-13-24-43(51(39)44)36-15-5-3-6-16-36/h3-35H,1-2H3. The van der Waals surface area contributed by atoms with Gasteiger partial charge in [-0.2, -0.15) is 0 Å². The fourth-order valence-electron chi connectivity index (χ4n) is 8.84. The molecule has 10 rings (SSSR count). The molecule has 0 bridgehead atoms. The first-order valence-electron chi connectivity index (χ1n) is 18.9. The maximum atomic E-state index is 2.47. The van der Waals surface area contributed by atoms with Crippen LogP contribution in [0.25, 0.3) is 66.1 Å². The Labute approximate surface area is 317 Å². The van der Waals surface area contributed by atoms with Crippen LogP contribution in [0, 0.1) is 0 Å². The van der Waals surface area contributed by atoms with Gasteiger partial charge in [0.15, 0.2) is 0 Å². The van der Waals surface area contributed by atoms with Crippen LogP contribution in [0.15, 0.2) is 200 Å². The predicted molar refractivity (Wildman–Crippen MR) is 230 cm³/mol. The van der Waals surface area contributed by atoms with Gasteiger partial charge in [0.2, 0.25) is 0 Å². The van der Waals surface area contributed by atoms with Gasteiger partial charge in [-0.3, -0.25) is 0 Å². The van der Waals surface area contributed by atoms with Gasteiger partial charge in [0.25, 0.3) is 0 Å². The van der Waals surface area contributed by atoms with Crippen molar-refractivity contribution in [3.05, 3.63) is 211 Å². The van der Waals surface area contributed by atoms with Crippen molar-refractivity contribution in [3.8, 4) is 44.5 Å². The van der Waals surface area contributed by atoms with E-state index in [1.54, 1.807) is 0 Å². The largest absolute Gasteiger partial charge is 0.310 e. The molecule has 0 spiro atoms. The molecule has 1 aliphatic rings. The summed E-state index contributed by atoms with van der Waals surface area (Å²) in [6.45, 7) is 4.72. The van der Waals surface area contributed by atoms with Gasteiger partial charge < -0.3 is 4.90 Å². The Hall–Kier alpha value is -6.70. The van der Waals surface area contributed by atoms with Gasteiger partial charge in [-0.15, -0.1) is 0 Å². The second-order valence-electron chi connectivity index (χ2n) is 14.9. The SMILES string of the molecule is CC1(C)c2ccccc2-c2ccc(N(c3ccc(-c4cccc5cccc(-c6ccccc6)c45)cc3)c3ccc4ccccc4c3-c3ccccc3)cc21. The second kappa shape index (κ2) is 12.8. The predicted octanol–water partition coefficient (Wildman–Crippen LogP) is 14.8. The van der Waals surface area contributed by atoms with Crippen LogP contribution in [0.5, 0.6) is 0 Å². The van der Waals surface area contributed by atoms with Crippen molar-refractivity contribution < 1.29 is 0 Å². The zero-order valence-electron chi connectivity index (χ0n) is 30.5. The maximum absolute atomic E-state index is 2.47. The monoisotopic (exact) mass is 689 g/mol. The summed E-state index contributed by atoms with van der Waals surface area (Å²) in [7, 11) is 0. The first-order chi connectivity index (χ1) is 26.6. The molecule has 54 heavy (non-hydrogen) atoms. The zero-order valence-corrected chi connectivity index (χ0v) is 30.5. The summed E-state index contributed by atoms with van der Waals surface area (Å²) in [5.74, 6) is 0. The highest BCUT2D eigenvalue weighted by molar-refractivity contribution is 6.08. The third kappa shape index (κ3) is 5.16. The molecule has 256 valence electrons. The lowest BCUT2D eigenvalue weighted by atomic mass is 9.82. The van der Waals surface area contributed by atoms with Crippen molar-refractivity contribution in [2.45, 2.75) is 19.3 Å². The van der Waals surface area contributed by atoms with Gasteiger partial charge in [-0.25, -0.2) is 0 Å². The van der Waals surface area contributed by atoms with E-state index < -0.39 is 0 Å². The van der Waals surface area contributed by atoms with Crippen LogP contribution < -0.4 is 4.90 Å². The summed E-state index contributed by atoms with van der Waals surface area (Å²) in [4.78, 5) is 2.47. The third-order valence-electron chi connectivity index (χ3n) is 11.5. The maximum Gasteiger partial charge on any atom is 0.0546 e. The summed E-state index contributed by atoms with van der Waals surface area (Å²) < 4.78 is 0. The molecule has 0 saturated carbocycles. The van der Waals surface area contributed by atoms with Gasteiger partial charge in [0.1, 0.15) is 0 Å². The highest BCUT2D eigenvalue weighted by Gasteiger charge is 2.36. The van der Waals surface area contributed by atoms with Crippen LogP contribution in [0.4, 0.5) is 17.1 Å². The molecule has 9 aromatic rings. The number of hydrogen-bond donors (Lipinski definition) is 0. The quantitative estimate of drug-likeness (QED) is 0.168. The average Bonchev–Trinajstić information content (AvgIpc) is 3.46. The van der Waals surface area contributed by atoms with E-state index in [2.05, 4.69) is 219 Å². The molecule has 0 fully saturated rings. The van der Waals surface area contributed by atoms with Crippen molar-refractivity contribution in [3.63, 3.8) is 0 Å². The summed E-state index contributed by atoms with van der Waals surface area (Å²) in [6, 6.07) is 73.4. The van der Waals surface area contributed by atoms with E-state index in [0.29, 0.717) is 0 Å². The van der Waals surface area contributed by atoms with Gasteiger partial charge >= 0.3 is 0 Å². The molecule has 0 heterocycles. The molecule has 1 aliphatic carbocycles. The number of anilines is 3. The second-order valence-corrected chi connectivity index (χ2v) is 14.9. The molecule has 0 radical (unpaired) electrons. The minimum absolute atomic E-state index is 0.117. The molecule has 0 N–H and O–H groups in total. The van der Waals surface area contributed by atoms with Crippen LogP contribution in [0.2, 0.25) is 0 Å². The zero-order chi connectivity index (χ0) is 36.2. The Morgan fingerprint density at radius 2 is 0.926 bits per heavy atom. The first kappa shape index (κ1) is 32.0. The van der Waals surface area contributed by atoms with Crippen molar-refractivity contribution >= 4 is 38.6 Å². The summed E-state index contributed by atoms with van der Waals surface area (Å²) in [5, 5.41) is 4.98. The van der Waals surface area contributed by atoms with E-state index in [1.807, 2.05) is 0 Å². The number of rotatable bonds is 6. The van der Waals surface area contributed by atoms with Gasteiger partial charge in [0, 0.05) is 22.4 Å². The van der Waals surface area contributed by atoms with E-state index in [4.69, 9.17) is 0 Å². The molecule has 1 heteroatoms. The fourth-order valence-corrected chi connectivity index (χ4v) is 8.84. The van der Waals surface area contributed by atoms with Gasteiger partial charge in [0.05, 0.1) is 5.69 Å². The lowest BCUT2D eigenvalue weighted by molar-refractivity contribution is 0.660. The van der Waals surface area contributed by atoms with Crippen LogP contribution in [0.1, 0.15) is 25.0 Å². The Balaban J connectivity index is 1.18. The minimum Gasteiger partial charge on any atom is -0.310 e. The van der Waals surface area contributed by atoms with Crippen molar-refractivity contribution in [2.75, 3.05) is 4.90 Å². The molecular formula is C53H39N. The average molecular weight is 690 g/mol. The van der Waals surface area contributed by atoms with Crippen LogP contribution in [0.3, 0.4) is 0 Å². The summed E-state index contributed by atoms with van der Waals surface area (Å²) in [6.07, 6.45) is 0. The summed E-state index contributed by atoms with van der Waals surface area (Å²) in [5.41, 5.74) is 16.0. The Morgan fingerprint density at radius 3 is 1.67 bits per heavy atom. The van der Waals surface area contributed by atoms with E-state index in [1.165, 1.54) is 77.2 Å². The van der Waals surface area contributed by atoms with Crippen LogP contribution >= 0.6 is 0 Å². The lowest BCUT2D eigenvalue weighted by Crippen LogP contribution is -2.17. The minimum atomic E-state index is -0.117. The van der Waals surface area contributed by atoms with Crippen LogP contribution in [-0.2, 0) is 5.41 Å². The first-order valence-corrected chi connectivity index (χ1v) is 18.9. The highest BCUT2D eigenvalue weighted by Crippen LogP contribution is 2.52. The molecular weight excluding hydrogens is 651 g/mol. The fraction of sp³-hybridized carbons (Fsp3) is 0.0566. The Bertz CT molecular complexity index is 2830. The van der Waals surface area contributed by atoms with Crippen LogP contribution in [-0.4, -0.2) is 0 Å². The lowest BCUT2D eigenvalue weighted by Gasteiger charge is -2.30. The van der Waals surface area contributed by atoms with Gasteiger partial charge in [-0.05, 0) is 102 Å². The highest BCUT2D eigenvalue weighted by atomic mass is 15.1. The van der Waals surface area contributed by atoms with Gasteiger partial charge in [-0.1, -0.05) is 184 Å². The van der Waals surface area contributed by atoms with E-state index in [-0.39, 0.29) is 5.41 Å². The molecule has 0 amide bonds. The van der Waals surface area contributed by atoms with E-state index >= 15 is 0 Å². The Morgan fingerprint density at radius 1 is 0.370 bits per heavy atom. The smallest absolute Gasteiger partial charge is 0.0546 e. The molecule has 0 aliphatic heterocycles. The molecule has 0 saturated heterocycles. The van der Waals surface area contributed by atoms with Crippen molar-refractivity contribution in [1.29, 1.82) is 0 Å². The number of fused-ring (bicyclic) bond motifs is 5.